The molecule has 1 aliphatic rings. The van der Waals surface area contributed by atoms with Crippen LogP contribution in [0.15, 0.2) is 0 Å². The Morgan fingerprint density at radius 3 is 2.92 bits per heavy atom. The zero-order valence-electron chi connectivity index (χ0n) is 8.63. The summed E-state index contributed by atoms with van der Waals surface area (Å²) in [6.07, 6.45) is 0. The molecule has 1 atom stereocenters. The molecule has 0 radical (unpaired) electrons. The van der Waals surface area contributed by atoms with Crippen molar-refractivity contribution in [1.82, 2.24) is 15.5 Å². The van der Waals surface area contributed by atoms with Crippen LogP contribution in [0.1, 0.15) is 20.8 Å². The van der Waals surface area contributed by atoms with Gasteiger partial charge in [-0.3, -0.25) is 0 Å². The van der Waals surface area contributed by atoms with Crippen LogP contribution in [0.4, 0.5) is 4.79 Å². The number of nitrogens with one attached hydrogen (secondary N) is 2. The normalized spacial score (nSPS) is 23.5. The summed E-state index contributed by atoms with van der Waals surface area (Å²) in [5.74, 6) is 0. The third kappa shape index (κ3) is 2.88. The molecule has 4 nitrogen and oxygen atoms in total. The van der Waals surface area contributed by atoms with Crippen LogP contribution in [0, 0.1) is 0 Å². The van der Waals surface area contributed by atoms with E-state index >= 15 is 0 Å². The van der Waals surface area contributed by atoms with E-state index in [1.165, 1.54) is 0 Å². The molecule has 76 valence electrons. The smallest absolute Gasteiger partial charge is 0.317 e. The third-order valence-electron chi connectivity index (χ3n) is 2.18. The maximum Gasteiger partial charge on any atom is 0.317 e. The number of hydrogen-bond acceptors (Lipinski definition) is 2. The van der Waals surface area contributed by atoms with Gasteiger partial charge in [-0.15, -0.1) is 0 Å². The number of carbonyl (C=O) groups excluding carboxylic acids is 1. The van der Waals surface area contributed by atoms with Gasteiger partial charge in [-0.25, -0.2) is 4.79 Å². The summed E-state index contributed by atoms with van der Waals surface area (Å²) in [4.78, 5) is 13.1. The van der Waals surface area contributed by atoms with Crippen molar-refractivity contribution in [2.24, 2.45) is 0 Å². The Labute approximate surface area is 79.7 Å². The second kappa shape index (κ2) is 4.46. The van der Waals surface area contributed by atoms with Gasteiger partial charge >= 0.3 is 6.03 Å². The molecule has 4 heteroatoms. The van der Waals surface area contributed by atoms with Crippen LogP contribution >= 0.6 is 0 Å². The molecule has 0 aromatic rings. The predicted octanol–water partition coefficient (Wildman–Crippen LogP) is 0.398. The van der Waals surface area contributed by atoms with Gasteiger partial charge in [0.25, 0.3) is 0 Å². The van der Waals surface area contributed by atoms with Crippen molar-refractivity contribution >= 4 is 6.03 Å². The van der Waals surface area contributed by atoms with Crippen molar-refractivity contribution < 1.29 is 4.79 Å². The second-order valence-electron chi connectivity index (χ2n) is 3.74. The summed E-state index contributed by atoms with van der Waals surface area (Å²) < 4.78 is 0. The molecule has 1 unspecified atom stereocenters. The van der Waals surface area contributed by atoms with E-state index in [1.807, 2.05) is 11.8 Å². The summed E-state index contributed by atoms with van der Waals surface area (Å²) >= 11 is 0. The lowest BCUT2D eigenvalue weighted by molar-refractivity contribution is 0.175. The first-order valence-electron chi connectivity index (χ1n) is 4.92. The minimum Gasteiger partial charge on any atom is -0.336 e. The van der Waals surface area contributed by atoms with Crippen molar-refractivity contribution in [2.45, 2.75) is 32.9 Å². The zero-order valence-corrected chi connectivity index (χ0v) is 8.63. The summed E-state index contributed by atoms with van der Waals surface area (Å²) in [7, 11) is 0. The van der Waals surface area contributed by atoms with Crippen LogP contribution < -0.4 is 10.6 Å². The first-order valence-corrected chi connectivity index (χ1v) is 4.92. The summed E-state index contributed by atoms with van der Waals surface area (Å²) in [5.41, 5.74) is 0. The van der Waals surface area contributed by atoms with Crippen LogP contribution in [-0.4, -0.2) is 42.6 Å². The molecule has 0 saturated carbocycles. The van der Waals surface area contributed by atoms with Gasteiger partial charge in [0.2, 0.25) is 0 Å². The van der Waals surface area contributed by atoms with E-state index < -0.39 is 0 Å². The van der Waals surface area contributed by atoms with E-state index in [1.54, 1.807) is 0 Å². The van der Waals surface area contributed by atoms with Gasteiger partial charge < -0.3 is 15.5 Å². The molecule has 0 aliphatic carbocycles. The number of hydrogen-bond donors (Lipinski definition) is 2. The van der Waals surface area contributed by atoms with Gasteiger partial charge in [0.1, 0.15) is 0 Å². The average Bonchev–Trinajstić information content (AvgIpc) is 2.07. The topological polar surface area (TPSA) is 44.4 Å². The van der Waals surface area contributed by atoms with E-state index in [0.717, 1.165) is 19.6 Å². The standard InChI is InChI=1S/C9H19N3O/c1-4-12-6-8(11-7(2)3)5-10-9(12)13/h7-8,11H,4-6H2,1-3H3,(H,10,13). The van der Waals surface area contributed by atoms with Crippen LogP contribution in [0.25, 0.3) is 0 Å². The highest BCUT2D eigenvalue weighted by Crippen LogP contribution is 2.00. The fourth-order valence-corrected chi connectivity index (χ4v) is 1.59. The van der Waals surface area contributed by atoms with Crippen molar-refractivity contribution in [3.63, 3.8) is 0 Å². The monoisotopic (exact) mass is 185 g/mol. The molecular weight excluding hydrogens is 166 g/mol. The second-order valence-corrected chi connectivity index (χ2v) is 3.74. The molecular formula is C9H19N3O. The highest BCUT2D eigenvalue weighted by Gasteiger charge is 2.23. The summed E-state index contributed by atoms with van der Waals surface area (Å²) in [6.45, 7) is 8.58. The van der Waals surface area contributed by atoms with Crippen molar-refractivity contribution in [2.75, 3.05) is 19.6 Å². The van der Waals surface area contributed by atoms with Gasteiger partial charge in [0.15, 0.2) is 0 Å². The first-order chi connectivity index (χ1) is 6.13. The van der Waals surface area contributed by atoms with E-state index in [2.05, 4.69) is 24.5 Å². The largest absolute Gasteiger partial charge is 0.336 e. The van der Waals surface area contributed by atoms with Gasteiger partial charge in [-0.1, -0.05) is 13.8 Å². The lowest BCUT2D eigenvalue weighted by Gasteiger charge is -2.34. The molecule has 0 aromatic heterocycles. The SMILES string of the molecule is CCN1CC(NC(C)C)CNC1=O. The van der Waals surface area contributed by atoms with Gasteiger partial charge in [0, 0.05) is 31.7 Å². The number of urea groups is 1. The van der Waals surface area contributed by atoms with Crippen molar-refractivity contribution in [1.29, 1.82) is 0 Å². The Kier molecular flexibility index (Phi) is 3.54. The number of rotatable bonds is 3. The third-order valence-corrected chi connectivity index (χ3v) is 2.18. The molecule has 13 heavy (non-hydrogen) atoms. The Hall–Kier alpha value is -0.770. The van der Waals surface area contributed by atoms with Gasteiger partial charge in [-0.2, -0.15) is 0 Å². The number of nitrogens with zero attached hydrogens (tertiary/aromatic N) is 1. The molecule has 1 heterocycles. The van der Waals surface area contributed by atoms with Crippen LogP contribution in [0.5, 0.6) is 0 Å². The van der Waals surface area contributed by atoms with Crippen LogP contribution in [-0.2, 0) is 0 Å². The van der Waals surface area contributed by atoms with E-state index in [0.29, 0.717) is 12.1 Å². The highest BCUT2D eigenvalue weighted by atomic mass is 16.2. The Morgan fingerprint density at radius 2 is 2.38 bits per heavy atom. The molecule has 2 N–H and O–H groups in total. The number of amides is 2. The Balaban J connectivity index is 2.40. The number of likely N-dealkylation sites (N-methyl/N-ethyl adjacent to an activating group) is 1. The molecule has 0 aromatic carbocycles. The van der Waals surface area contributed by atoms with Crippen LogP contribution in [0.2, 0.25) is 0 Å². The first kappa shape index (κ1) is 10.3. The lowest BCUT2D eigenvalue weighted by Crippen LogP contribution is -2.58. The van der Waals surface area contributed by atoms with Crippen LogP contribution in [0.3, 0.4) is 0 Å². The molecule has 1 fully saturated rings. The quantitative estimate of drug-likeness (QED) is 0.668. The minimum atomic E-state index is 0.0595. The highest BCUT2D eigenvalue weighted by molar-refractivity contribution is 5.75. The minimum absolute atomic E-state index is 0.0595. The van der Waals surface area contributed by atoms with E-state index in [-0.39, 0.29) is 6.03 Å². The van der Waals surface area contributed by atoms with E-state index in [4.69, 9.17) is 0 Å². The van der Waals surface area contributed by atoms with Gasteiger partial charge in [-0.05, 0) is 6.92 Å². The summed E-state index contributed by atoms with van der Waals surface area (Å²) in [6, 6.07) is 0.917. The predicted molar refractivity (Wildman–Crippen MR) is 52.7 cm³/mol. The average molecular weight is 185 g/mol. The molecule has 1 saturated heterocycles. The summed E-state index contributed by atoms with van der Waals surface area (Å²) in [5, 5.41) is 6.27. The fraction of sp³-hybridized carbons (Fsp3) is 0.889. The Morgan fingerprint density at radius 1 is 1.69 bits per heavy atom. The maximum atomic E-state index is 11.2. The fourth-order valence-electron chi connectivity index (χ4n) is 1.59. The Bertz CT molecular complexity index is 182. The van der Waals surface area contributed by atoms with Crippen molar-refractivity contribution in [3.8, 4) is 0 Å². The van der Waals surface area contributed by atoms with Crippen molar-refractivity contribution in [3.05, 3.63) is 0 Å². The molecule has 1 aliphatic heterocycles. The molecule has 1 rings (SSSR count). The zero-order chi connectivity index (χ0) is 9.84. The van der Waals surface area contributed by atoms with E-state index in [9.17, 15) is 4.79 Å². The lowest BCUT2D eigenvalue weighted by atomic mass is 10.2. The van der Waals surface area contributed by atoms with Gasteiger partial charge in [0.05, 0.1) is 0 Å². The maximum absolute atomic E-state index is 11.2. The molecule has 2 amide bonds. The molecule has 0 spiro atoms. The molecule has 0 bridgehead atoms. The number of carbonyl (C=O) groups is 1.